The van der Waals surface area contributed by atoms with Crippen LogP contribution in [-0.4, -0.2) is 14.8 Å². The number of benzene rings is 1. The average Bonchev–Trinajstić information content (AvgIpc) is 2.77. The minimum Gasteiger partial charge on any atom is -0.733 e. The predicted octanol–water partition coefficient (Wildman–Crippen LogP) is 1.04. The van der Waals surface area contributed by atoms with Gasteiger partial charge in [-0.25, -0.2) is 4.98 Å². The van der Waals surface area contributed by atoms with E-state index in [4.69, 9.17) is 5.21 Å². The standard InChI is InChI=1S/C11H10N3O3/c15-11-8-6-7(14(16)17)3-4-9(8)12-10-2-1-5-13(10)11/h3-4,6,16H,1-2,5H2/q-1. The Morgan fingerprint density at radius 1 is 1.47 bits per heavy atom. The molecule has 1 aromatic carbocycles. The molecule has 88 valence electrons. The Morgan fingerprint density at radius 2 is 2.29 bits per heavy atom. The SMILES string of the molecule is O=c1c2cc(N([O-])O)ccc2nc2n1CCC2. The zero-order valence-electron chi connectivity index (χ0n) is 8.96. The number of aromatic nitrogens is 2. The second-order valence-corrected chi connectivity index (χ2v) is 4.06. The number of hydrogen-bond donors (Lipinski definition) is 1. The van der Waals surface area contributed by atoms with Crippen LogP contribution in [0.1, 0.15) is 12.2 Å². The molecular formula is C11H10N3O3-. The van der Waals surface area contributed by atoms with Crippen molar-refractivity contribution in [3.63, 3.8) is 0 Å². The summed E-state index contributed by atoms with van der Waals surface area (Å²) >= 11 is 0. The van der Waals surface area contributed by atoms with Gasteiger partial charge in [-0.3, -0.25) is 14.6 Å². The lowest BCUT2D eigenvalue weighted by atomic mass is 10.2. The van der Waals surface area contributed by atoms with Crippen LogP contribution in [0.2, 0.25) is 0 Å². The molecule has 0 radical (unpaired) electrons. The van der Waals surface area contributed by atoms with Gasteiger partial charge in [0, 0.05) is 13.0 Å². The van der Waals surface area contributed by atoms with E-state index in [0.717, 1.165) is 18.7 Å². The molecule has 6 heteroatoms. The summed E-state index contributed by atoms with van der Waals surface area (Å²) in [6, 6.07) is 4.38. The van der Waals surface area contributed by atoms with Crippen molar-refractivity contribution >= 4 is 16.6 Å². The van der Waals surface area contributed by atoms with Gasteiger partial charge in [0.15, 0.2) is 0 Å². The molecular weight excluding hydrogens is 222 g/mol. The number of hydrogen-bond acceptors (Lipinski definition) is 5. The second kappa shape index (κ2) is 3.54. The summed E-state index contributed by atoms with van der Waals surface area (Å²) < 4.78 is 1.62. The molecule has 0 unspecified atom stereocenters. The van der Waals surface area contributed by atoms with E-state index < -0.39 is 0 Å². The summed E-state index contributed by atoms with van der Waals surface area (Å²) in [4.78, 5) is 16.5. The highest BCUT2D eigenvalue weighted by atomic mass is 16.8. The Kier molecular flexibility index (Phi) is 2.13. The highest BCUT2D eigenvalue weighted by Crippen LogP contribution is 2.19. The molecule has 0 aliphatic carbocycles. The minimum absolute atomic E-state index is 0.0370. The summed E-state index contributed by atoms with van der Waals surface area (Å²) in [6.07, 6.45) is 1.72. The van der Waals surface area contributed by atoms with Gasteiger partial charge in [0.1, 0.15) is 5.82 Å². The van der Waals surface area contributed by atoms with Gasteiger partial charge in [-0.2, -0.15) is 0 Å². The number of aryl methyl sites for hydroxylation is 1. The topological polar surface area (TPSA) is 81.4 Å². The first-order valence-corrected chi connectivity index (χ1v) is 5.36. The maximum absolute atomic E-state index is 12.1. The molecule has 0 saturated heterocycles. The maximum Gasteiger partial charge on any atom is 0.261 e. The van der Waals surface area contributed by atoms with E-state index in [2.05, 4.69) is 4.98 Å². The zero-order chi connectivity index (χ0) is 12.0. The Balaban J connectivity index is 2.33. The van der Waals surface area contributed by atoms with E-state index in [1.165, 1.54) is 12.1 Å². The fraction of sp³-hybridized carbons (Fsp3) is 0.273. The van der Waals surface area contributed by atoms with Crippen molar-refractivity contribution in [1.29, 1.82) is 0 Å². The van der Waals surface area contributed by atoms with E-state index in [9.17, 15) is 10.0 Å². The molecule has 2 aromatic rings. The number of anilines is 1. The third-order valence-electron chi connectivity index (χ3n) is 3.02. The van der Waals surface area contributed by atoms with Gasteiger partial charge in [0.25, 0.3) is 5.56 Å². The van der Waals surface area contributed by atoms with Crippen LogP contribution in [0.3, 0.4) is 0 Å². The molecule has 3 rings (SSSR count). The minimum atomic E-state index is -0.253. The van der Waals surface area contributed by atoms with Gasteiger partial charge in [-0.05, 0) is 24.6 Å². The largest absolute Gasteiger partial charge is 0.733 e. The van der Waals surface area contributed by atoms with Crippen molar-refractivity contribution < 1.29 is 5.21 Å². The summed E-state index contributed by atoms with van der Waals surface area (Å²) in [5, 5.41) is 19.7. The molecule has 1 N–H and O–H groups in total. The van der Waals surface area contributed by atoms with Crippen molar-refractivity contribution in [2.24, 2.45) is 0 Å². The fourth-order valence-electron chi connectivity index (χ4n) is 2.19. The lowest BCUT2D eigenvalue weighted by molar-refractivity contribution is 0.296. The lowest BCUT2D eigenvalue weighted by Crippen LogP contribution is -2.21. The summed E-state index contributed by atoms with van der Waals surface area (Å²) in [5.41, 5.74) is 0.454. The van der Waals surface area contributed by atoms with Crippen LogP contribution >= 0.6 is 0 Å². The Hall–Kier alpha value is -1.92. The first-order chi connectivity index (χ1) is 8.16. The summed E-state index contributed by atoms with van der Waals surface area (Å²) in [6.45, 7) is 0.668. The van der Waals surface area contributed by atoms with E-state index in [1.54, 1.807) is 10.6 Å². The van der Waals surface area contributed by atoms with Crippen molar-refractivity contribution in [1.82, 2.24) is 9.55 Å². The van der Waals surface area contributed by atoms with Crippen molar-refractivity contribution in [2.75, 3.05) is 5.23 Å². The molecule has 0 spiro atoms. The lowest BCUT2D eigenvalue weighted by Gasteiger charge is -2.21. The highest BCUT2D eigenvalue weighted by molar-refractivity contribution is 5.81. The molecule has 0 atom stereocenters. The van der Waals surface area contributed by atoms with Crippen molar-refractivity contribution in [3.8, 4) is 0 Å². The fourth-order valence-corrected chi connectivity index (χ4v) is 2.19. The zero-order valence-corrected chi connectivity index (χ0v) is 8.96. The van der Waals surface area contributed by atoms with Crippen LogP contribution in [0.15, 0.2) is 23.0 Å². The molecule has 6 nitrogen and oxygen atoms in total. The molecule has 2 heterocycles. The Morgan fingerprint density at radius 3 is 3.06 bits per heavy atom. The third-order valence-corrected chi connectivity index (χ3v) is 3.02. The first kappa shape index (κ1) is 10.2. The quantitative estimate of drug-likeness (QED) is 0.743. The van der Waals surface area contributed by atoms with Crippen LogP contribution in [0, 0.1) is 5.21 Å². The molecule has 17 heavy (non-hydrogen) atoms. The molecule has 1 aromatic heterocycles. The smallest absolute Gasteiger partial charge is 0.261 e. The van der Waals surface area contributed by atoms with Crippen molar-refractivity contribution in [2.45, 2.75) is 19.4 Å². The van der Waals surface area contributed by atoms with Gasteiger partial charge >= 0.3 is 0 Å². The number of nitrogens with zero attached hydrogens (tertiary/aromatic N) is 3. The molecule has 1 aliphatic rings. The summed E-state index contributed by atoms with van der Waals surface area (Å²) in [7, 11) is 0. The molecule has 0 fully saturated rings. The molecule has 1 aliphatic heterocycles. The summed E-state index contributed by atoms with van der Waals surface area (Å²) in [5.74, 6) is 0.790. The molecule has 0 amide bonds. The molecule has 0 saturated carbocycles. The van der Waals surface area contributed by atoms with Crippen LogP contribution < -0.4 is 10.8 Å². The average molecular weight is 232 g/mol. The predicted molar refractivity (Wildman–Crippen MR) is 62.0 cm³/mol. The number of rotatable bonds is 1. The van der Waals surface area contributed by atoms with Crippen LogP contribution in [0.4, 0.5) is 5.69 Å². The maximum atomic E-state index is 12.1. The van der Waals surface area contributed by atoms with Gasteiger partial charge in [-0.15, -0.1) is 0 Å². The van der Waals surface area contributed by atoms with E-state index in [1.807, 2.05) is 0 Å². The normalized spacial score (nSPS) is 14.0. The van der Waals surface area contributed by atoms with E-state index in [0.29, 0.717) is 17.4 Å². The Bertz CT molecular complexity index is 648. The van der Waals surface area contributed by atoms with Gasteiger partial charge in [-0.1, -0.05) is 0 Å². The first-order valence-electron chi connectivity index (χ1n) is 5.36. The van der Waals surface area contributed by atoms with Gasteiger partial charge in [0.2, 0.25) is 0 Å². The Labute approximate surface area is 96.3 Å². The highest BCUT2D eigenvalue weighted by Gasteiger charge is 2.15. The van der Waals surface area contributed by atoms with Gasteiger partial charge < -0.3 is 10.4 Å². The number of fused-ring (bicyclic) bond motifs is 2. The van der Waals surface area contributed by atoms with Crippen LogP contribution in [0.5, 0.6) is 0 Å². The van der Waals surface area contributed by atoms with Crippen LogP contribution in [0.25, 0.3) is 10.9 Å². The van der Waals surface area contributed by atoms with Gasteiger partial charge in [0.05, 0.1) is 16.6 Å². The second-order valence-electron chi connectivity index (χ2n) is 4.06. The monoisotopic (exact) mass is 232 g/mol. The van der Waals surface area contributed by atoms with Crippen LogP contribution in [-0.2, 0) is 13.0 Å². The van der Waals surface area contributed by atoms with E-state index >= 15 is 0 Å². The van der Waals surface area contributed by atoms with E-state index in [-0.39, 0.29) is 16.5 Å². The third kappa shape index (κ3) is 1.49. The van der Waals surface area contributed by atoms with Crippen molar-refractivity contribution in [3.05, 3.63) is 39.6 Å². The molecule has 0 bridgehead atoms.